The third-order valence-corrected chi connectivity index (χ3v) is 5.09. The first-order valence-corrected chi connectivity index (χ1v) is 10.9. The van der Waals surface area contributed by atoms with Crippen LogP contribution in [-0.4, -0.2) is 60.3 Å². The first kappa shape index (κ1) is 24.2. The number of nitrogens with zero attached hydrogens (tertiary/aromatic N) is 2. The van der Waals surface area contributed by atoms with Crippen LogP contribution in [0, 0.1) is 5.82 Å². The number of aliphatic hydroxyl groups is 1. The van der Waals surface area contributed by atoms with Crippen molar-refractivity contribution in [3.63, 3.8) is 0 Å². The lowest BCUT2D eigenvalue weighted by Crippen LogP contribution is -2.40. The zero-order valence-electron chi connectivity index (χ0n) is 19.3. The van der Waals surface area contributed by atoms with Crippen molar-refractivity contribution in [1.29, 1.82) is 0 Å². The van der Waals surface area contributed by atoms with E-state index in [0.717, 1.165) is 22.6 Å². The largest absolute Gasteiger partial charge is 0.497 e. The molecule has 0 saturated carbocycles. The summed E-state index contributed by atoms with van der Waals surface area (Å²) >= 11 is 0. The van der Waals surface area contributed by atoms with Gasteiger partial charge in [0.25, 0.3) is 0 Å². The van der Waals surface area contributed by atoms with Crippen molar-refractivity contribution in [1.82, 2.24) is 4.90 Å². The van der Waals surface area contributed by atoms with Crippen LogP contribution in [0.15, 0.2) is 53.7 Å². The summed E-state index contributed by atoms with van der Waals surface area (Å²) in [6, 6.07) is 14.1. The number of hydrogen-bond donors (Lipinski definition) is 1. The zero-order valence-corrected chi connectivity index (χ0v) is 19.3. The van der Waals surface area contributed by atoms with Crippen LogP contribution < -0.4 is 4.74 Å². The van der Waals surface area contributed by atoms with Gasteiger partial charge in [-0.3, -0.25) is 4.90 Å². The van der Waals surface area contributed by atoms with Gasteiger partial charge in [-0.15, -0.1) is 0 Å². The standard InChI is InChI=1S/C25H33FN2O4/c1-25(2,3)31-17-21(29)15-28(14-18-6-5-7-22(12-18)30-4)16-23-13-24(27-32-23)19-8-10-20(26)11-9-19/h5-12,21,23,29H,13-17H2,1-4H3/t21-,23+/m0/s1. The fraction of sp³-hybridized carbons (Fsp3) is 0.480. The maximum Gasteiger partial charge on any atom is 0.145 e. The van der Waals surface area contributed by atoms with Crippen LogP contribution in [0.2, 0.25) is 0 Å². The predicted molar refractivity (Wildman–Crippen MR) is 122 cm³/mol. The molecule has 7 heteroatoms. The van der Waals surface area contributed by atoms with Crippen LogP contribution in [0.4, 0.5) is 4.39 Å². The Morgan fingerprint density at radius 3 is 2.66 bits per heavy atom. The minimum absolute atomic E-state index is 0.156. The van der Waals surface area contributed by atoms with E-state index in [1.165, 1.54) is 12.1 Å². The minimum Gasteiger partial charge on any atom is -0.497 e. The molecule has 0 aromatic heterocycles. The topological polar surface area (TPSA) is 63.5 Å². The summed E-state index contributed by atoms with van der Waals surface area (Å²) in [7, 11) is 1.64. The molecule has 3 rings (SSSR count). The molecule has 2 aromatic carbocycles. The first-order chi connectivity index (χ1) is 15.2. The average molecular weight is 445 g/mol. The van der Waals surface area contributed by atoms with Gasteiger partial charge in [0.15, 0.2) is 0 Å². The Balaban J connectivity index is 1.64. The fourth-order valence-electron chi connectivity index (χ4n) is 3.56. The third kappa shape index (κ3) is 7.58. The third-order valence-electron chi connectivity index (χ3n) is 5.09. The van der Waals surface area contributed by atoms with Gasteiger partial charge in [0, 0.05) is 26.1 Å². The van der Waals surface area contributed by atoms with Crippen LogP contribution in [0.3, 0.4) is 0 Å². The number of ether oxygens (including phenoxy) is 2. The van der Waals surface area contributed by atoms with Crippen molar-refractivity contribution in [3.8, 4) is 5.75 Å². The Bertz CT molecular complexity index is 896. The molecule has 0 amide bonds. The molecule has 0 aliphatic carbocycles. The molecule has 174 valence electrons. The SMILES string of the molecule is COc1cccc(CN(C[C@H](O)COC(C)(C)C)C[C@H]2CC(c3ccc(F)cc3)=NO2)c1. The normalized spacial score (nSPS) is 17.2. The van der Waals surface area contributed by atoms with Gasteiger partial charge in [-0.2, -0.15) is 0 Å². The smallest absolute Gasteiger partial charge is 0.145 e. The van der Waals surface area contributed by atoms with Crippen molar-refractivity contribution < 1.29 is 23.8 Å². The van der Waals surface area contributed by atoms with E-state index >= 15 is 0 Å². The van der Waals surface area contributed by atoms with E-state index in [2.05, 4.69) is 10.1 Å². The molecular weight excluding hydrogens is 411 g/mol. The van der Waals surface area contributed by atoms with Crippen LogP contribution >= 0.6 is 0 Å². The summed E-state index contributed by atoms with van der Waals surface area (Å²) < 4.78 is 24.3. The van der Waals surface area contributed by atoms with Gasteiger partial charge in [-0.05, 0) is 56.2 Å². The molecule has 6 nitrogen and oxygen atoms in total. The zero-order chi connectivity index (χ0) is 23.1. The summed E-state index contributed by atoms with van der Waals surface area (Å²) in [5.74, 6) is 0.513. The molecule has 1 aliphatic heterocycles. The van der Waals surface area contributed by atoms with Crippen LogP contribution in [0.25, 0.3) is 0 Å². The Kier molecular flexibility index (Phi) is 8.23. The highest BCUT2D eigenvalue weighted by atomic mass is 19.1. The molecule has 0 unspecified atom stereocenters. The van der Waals surface area contributed by atoms with Crippen LogP contribution in [0.5, 0.6) is 5.75 Å². The summed E-state index contributed by atoms with van der Waals surface area (Å²) in [6.45, 7) is 7.78. The van der Waals surface area contributed by atoms with Gasteiger partial charge in [0.1, 0.15) is 17.7 Å². The highest BCUT2D eigenvalue weighted by Crippen LogP contribution is 2.20. The van der Waals surface area contributed by atoms with E-state index in [1.807, 2.05) is 45.0 Å². The molecule has 32 heavy (non-hydrogen) atoms. The molecule has 1 heterocycles. The van der Waals surface area contributed by atoms with Crippen molar-refractivity contribution >= 4 is 5.71 Å². The fourth-order valence-corrected chi connectivity index (χ4v) is 3.56. The highest BCUT2D eigenvalue weighted by molar-refractivity contribution is 6.01. The number of benzene rings is 2. The van der Waals surface area contributed by atoms with E-state index in [9.17, 15) is 9.50 Å². The quantitative estimate of drug-likeness (QED) is 0.600. The summed E-state index contributed by atoms with van der Waals surface area (Å²) in [6.07, 6.45) is -0.176. The van der Waals surface area contributed by atoms with Gasteiger partial charge >= 0.3 is 0 Å². The minimum atomic E-state index is -0.640. The van der Waals surface area contributed by atoms with E-state index in [4.69, 9.17) is 14.3 Å². The van der Waals surface area contributed by atoms with Crippen LogP contribution in [-0.2, 0) is 16.1 Å². The van der Waals surface area contributed by atoms with Crippen LogP contribution in [0.1, 0.15) is 38.3 Å². The second-order valence-electron chi connectivity index (χ2n) is 9.10. The average Bonchev–Trinajstić information content (AvgIpc) is 3.21. The second kappa shape index (κ2) is 10.9. The number of aliphatic hydroxyl groups excluding tert-OH is 1. The van der Waals surface area contributed by atoms with Crippen molar-refractivity contribution in [2.24, 2.45) is 5.16 Å². The molecule has 0 saturated heterocycles. The highest BCUT2D eigenvalue weighted by Gasteiger charge is 2.26. The number of rotatable bonds is 10. The number of halogens is 1. The Labute approximate surface area is 189 Å². The lowest BCUT2D eigenvalue weighted by Gasteiger charge is -2.28. The first-order valence-electron chi connectivity index (χ1n) is 10.9. The molecule has 2 aromatic rings. The number of methoxy groups -OCH3 is 1. The molecule has 2 atom stereocenters. The summed E-state index contributed by atoms with van der Waals surface area (Å²) in [5.41, 5.74) is 2.41. The second-order valence-corrected chi connectivity index (χ2v) is 9.10. The summed E-state index contributed by atoms with van der Waals surface area (Å²) in [5, 5.41) is 14.8. The molecule has 0 radical (unpaired) electrons. The predicted octanol–water partition coefficient (Wildman–Crippen LogP) is 4.01. The number of hydrogen-bond acceptors (Lipinski definition) is 6. The van der Waals surface area contributed by atoms with E-state index < -0.39 is 6.10 Å². The maximum absolute atomic E-state index is 13.2. The maximum atomic E-state index is 13.2. The van der Waals surface area contributed by atoms with E-state index in [-0.39, 0.29) is 24.1 Å². The van der Waals surface area contributed by atoms with Gasteiger partial charge in [0.2, 0.25) is 0 Å². The number of oxime groups is 1. The van der Waals surface area contributed by atoms with E-state index in [1.54, 1.807) is 19.2 Å². The van der Waals surface area contributed by atoms with E-state index in [0.29, 0.717) is 26.1 Å². The molecule has 0 fully saturated rings. The van der Waals surface area contributed by atoms with Gasteiger partial charge < -0.3 is 19.4 Å². The van der Waals surface area contributed by atoms with Crippen molar-refractivity contribution in [3.05, 3.63) is 65.5 Å². The monoisotopic (exact) mass is 444 g/mol. The molecule has 0 bridgehead atoms. The molecule has 1 aliphatic rings. The lowest BCUT2D eigenvalue weighted by atomic mass is 10.0. The molecule has 0 spiro atoms. The van der Waals surface area contributed by atoms with Gasteiger partial charge in [-0.25, -0.2) is 4.39 Å². The molecule has 1 N–H and O–H groups in total. The molecular formula is C25H33FN2O4. The lowest BCUT2D eigenvalue weighted by molar-refractivity contribution is -0.0600. The summed E-state index contributed by atoms with van der Waals surface area (Å²) in [4.78, 5) is 7.81. The Morgan fingerprint density at radius 1 is 1.22 bits per heavy atom. The van der Waals surface area contributed by atoms with Crippen molar-refractivity contribution in [2.45, 2.75) is 51.5 Å². The van der Waals surface area contributed by atoms with Crippen molar-refractivity contribution in [2.75, 3.05) is 26.8 Å². The van der Waals surface area contributed by atoms with Gasteiger partial charge in [-0.1, -0.05) is 29.4 Å². The Morgan fingerprint density at radius 2 is 1.97 bits per heavy atom. The van der Waals surface area contributed by atoms with Gasteiger partial charge in [0.05, 0.1) is 31.1 Å². The Hall–Kier alpha value is -2.48.